The summed E-state index contributed by atoms with van der Waals surface area (Å²) in [6, 6.07) is 5.76. The number of hydrogen-bond donors (Lipinski definition) is 0. The molecule has 1 aromatic carbocycles. The van der Waals surface area contributed by atoms with Gasteiger partial charge in [0.1, 0.15) is 0 Å². The van der Waals surface area contributed by atoms with Gasteiger partial charge in [-0.3, -0.25) is 4.98 Å². The summed E-state index contributed by atoms with van der Waals surface area (Å²) >= 11 is 0. The van der Waals surface area contributed by atoms with Crippen molar-refractivity contribution in [2.45, 2.75) is 12.4 Å². The number of halogens is 6. The van der Waals surface area contributed by atoms with Crippen LogP contribution in [0.25, 0.3) is 11.3 Å². The summed E-state index contributed by atoms with van der Waals surface area (Å²) in [4.78, 5) is 3.73. The Morgan fingerprint density at radius 2 is 1.50 bits per heavy atom. The molecule has 0 atom stereocenters. The lowest BCUT2D eigenvalue weighted by molar-refractivity contribution is -0.142. The molecule has 20 heavy (non-hydrogen) atoms. The Labute approximate surface area is 109 Å². The summed E-state index contributed by atoms with van der Waals surface area (Å²) in [7, 11) is 0. The number of nitrogens with zero attached hydrogens (tertiary/aromatic N) is 1. The van der Waals surface area contributed by atoms with Crippen molar-refractivity contribution in [1.29, 1.82) is 0 Å². The first-order chi connectivity index (χ1) is 9.19. The summed E-state index contributed by atoms with van der Waals surface area (Å²) in [6.07, 6.45) is -8.45. The molecule has 0 amide bonds. The SMILES string of the molecule is FC(F)(F)c1ccc(-c2ccccn2)c(C(F)(F)F)c1. The van der Waals surface area contributed by atoms with Gasteiger partial charge in [-0.1, -0.05) is 12.1 Å². The van der Waals surface area contributed by atoms with Crippen molar-refractivity contribution in [1.82, 2.24) is 4.98 Å². The molecule has 2 rings (SSSR count). The maximum Gasteiger partial charge on any atom is 0.417 e. The van der Waals surface area contributed by atoms with Crippen LogP contribution in [0.4, 0.5) is 26.3 Å². The summed E-state index contributed by atoms with van der Waals surface area (Å²) in [5.74, 6) is 0. The van der Waals surface area contributed by atoms with Gasteiger partial charge in [0.2, 0.25) is 0 Å². The average molecular weight is 291 g/mol. The summed E-state index contributed by atoms with van der Waals surface area (Å²) in [5, 5.41) is 0. The molecule has 106 valence electrons. The highest BCUT2D eigenvalue weighted by atomic mass is 19.4. The van der Waals surface area contributed by atoms with Crippen LogP contribution in [0, 0.1) is 0 Å². The third kappa shape index (κ3) is 2.92. The van der Waals surface area contributed by atoms with Gasteiger partial charge in [-0.2, -0.15) is 26.3 Å². The molecule has 0 unspecified atom stereocenters. The topological polar surface area (TPSA) is 12.9 Å². The predicted molar refractivity (Wildman–Crippen MR) is 59.7 cm³/mol. The Balaban J connectivity index is 2.65. The van der Waals surface area contributed by atoms with Crippen LogP contribution in [0.15, 0.2) is 42.6 Å². The van der Waals surface area contributed by atoms with E-state index in [1.54, 1.807) is 0 Å². The van der Waals surface area contributed by atoms with Crippen molar-refractivity contribution in [3.8, 4) is 11.3 Å². The highest BCUT2D eigenvalue weighted by Gasteiger charge is 2.38. The Kier molecular flexibility index (Phi) is 3.45. The molecule has 0 spiro atoms. The minimum atomic E-state index is -4.89. The van der Waals surface area contributed by atoms with Crippen molar-refractivity contribution in [2.24, 2.45) is 0 Å². The van der Waals surface area contributed by atoms with E-state index in [0.717, 1.165) is 6.07 Å². The molecule has 0 saturated heterocycles. The van der Waals surface area contributed by atoms with E-state index in [9.17, 15) is 26.3 Å². The second-order valence-electron chi connectivity index (χ2n) is 3.97. The fraction of sp³-hybridized carbons (Fsp3) is 0.154. The second-order valence-corrected chi connectivity index (χ2v) is 3.97. The lowest BCUT2D eigenvalue weighted by atomic mass is 10.00. The average Bonchev–Trinajstić information content (AvgIpc) is 2.37. The smallest absolute Gasteiger partial charge is 0.256 e. The van der Waals surface area contributed by atoms with E-state index in [0.29, 0.717) is 6.07 Å². The number of benzene rings is 1. The Morgan fingerprint density at radius 3 is 2.00 bits per heavy atom. The zero-order valence-corrected chi connectivity index (χ0v) is 9.76. The Hall–Kier alpha value is -2.05. The van der Waals surface area contributed by atoms with Gasteiger partial charge in [0, 0.05) is 11.8 Å². The number of aromatic nitrogens is 1. The van der Waals surface area contributed by atoms with E-state index in [2.05, 4.69) is 4.98 Å². The number of rotatable bonds is 1. The van der Waals surface area contributed by atoms with Gasteiger partial charge in [-0.25, -0.2) is 0 Å². The third-order valence-corrected chi connectivity index (χ3v) is 2.59. The van der Waals surface area contributed by atoms with Gasteiger partial charge < -0.3 is 0 Å². The molecule has 1 heterocycles. The van der Waals surface area contributed by atoms with E-state index in [-0.39, 0.29) is 17.3 Å². The molecule has 0 saturated carbocycles. The van der Waals surface area contributed by atoms with Crippen LogP contribution in [-0.4, -0.2) is 4.98 Å². The Bertz CT molecular complexity index is 600. The zero-order valence-electron chi connectivity index (χ0n) is 9.76. The van der Waals surface area contributed by atoms with Crippen LogP contribution in [0.3, 0.4) is 0 Å². The fourth-order valence-corrected chi connectivity index (χ4v) is 1.70. The lowest BCUT2D eigenvalue weighted by Crippen LogP contribution is -2.12. The maximum absolute atomic E-state index is 12.9. The van der Waals surface area contributed by atoms with Crippen molar-refractivity contribution in [3.63, 3.8) is 0 Å². The van der Waals surface area contributed by atoms with Crippen molar-refractivity contribution >= 4 is 0 Å². The molecule has 0 aliphatic rings. The molecule has 1 nitrogen and oxygen atoms in total. The third-order valence-electron chi connectivity index (χ3n) is 2.59. The molecule has 0 N–H and O–H groups in total. The molecular formula is C13H7F6N. The van der Waals surface area contributed by atoms with Gasteiger partial charge in [-0.05, 0) is 24.3 Å². The standard InChI is InChI=1S/C13H7F6N/c14-12(15,16)8-4-5-9(10(7-8)13(17,18)19)11-3-1-2-6-20-11/h1-7H. The quantitative estimate of drug-likeness (QED) is 0.689. The van der Waals surface area contributed by atoms with Crippen LogP contribution in [-0.2, 0) is 12.4 Å². The molecule has 0 radical (unpaired) electrons. The molecule has 1 aromatic heterocycles. The van der Waals surface area contributed by atoms with Gasteiger partial charge in [-0.15, -0.1) is 0 Å². The van der Waals surface area contributed by atoms with Crippen LogP contribution < -0.4 is 0 Å². The van der Waals surface area contributed by atoms with Gasteiger partial charge in [0.05, 0.1) is 16.8 Å². The van der Waals surface area contributed by atoms with E-state index >= 15 is 0 Å². The summed E-state index contributed by atoms with van der Waals surface area (Å²) in [6.45, 7) is 0. The first-order valence-corrected chi connectivity index (χ1v) is 5.39. The fourth-order valence-electron chi connectivity index (χ4n) is 1.70. The van der Waals surface area contributed by atoms with E-state index in [1.807, 2.05) is 0 Å². The molecule has 0 bridgehead atoms. The van der Waals surface area contributed by atoms with E-state index < -0.39 is 23.5 Å². The first-order valence-electron chi connectivity index (χ1n) is 5.39. The highest BCUT2D eigenvalue weighted by molar-refractivity contribution is 5.65. The van der Waals surface area contributed by atoms with Crippen LogP contribution >= 0.6 is 0 Å². The van der Waals surface area contributed by atoms with Crippen LogP contribution in [0.2, 0.25) is 0 Å². The molecular weight excluding hydrogens is 284 g/mol. The van der Waals surface area contributed by atoms with Crippen molar-refractivity contribution < 1.29 is 26.3 Å². The van der Waals surface area contributed by atoms with Crippen molar-refractivity contribution in [3.05, 3.63) is 53.7 Å². The molecule has 0 aliphatic carbocycles. The predicted octanol–water partition coefficient (Wildman–Crippen LogP) is 4.79. The Morgan fingerprint density at radius 1 is 0.800 bits per heavy atom. The lowest BCUT2D eigenvalue weighted by Gasteiger charge is -2.15. The number of pyridine rings is 1. The van der Waals surface area contributed by atoms with Gasteiger partial charge in [0.25, 0.3) is 0 Å². The zero-order chi connectivity index (χ0) is 15.0. The number of alkyl halides is 6. The first kappa shape index (κ1) is 14.4. The normalized spacial score (nSPS) is 12.5. The van der Waals surface area contributed by atoms with Crippen LogP contribution in [0.1, 0.15) is 11.1 Å². The van der Waals surface area contributed by atoms with E-state index in [1.165, 1.54) is 24.4 Å². The van der Waals surface area contributed by atoms with E-state index in [4.69, 9.17) is 0 Å². The summed E-state index contributed by atoms with van der Waals surface area (Å²) in [5.41, 5.74) is -3.12. The molecule has 7 heteroatoms. The van der Waals surface area contributed by atoms with Gasteiger partial charge >= 0.3 is 12.4 Å². The molecule has 2 aromatic rings. The van der Waals surface area contributed by atoms with Crippen molar-refractivity contribution in [2.75, 3.05) is 0 Å². The molecule has 0 aliphatic heterocycles. The highest BCUT2D eigenvalue weighted by Crippen LogP contribution is 2.40. The monoisotopic (exact) mass is 291 g/mol. The minimum Gasteiger partial charge on any atom is -0.256 e. The minimum absolute atomic E-state index is 0.0338. The molecule has 0 fully saturated rings. The summed E-state index contributed by atoms with van der Waals surface area (Å²) < 4.78 is 76.2. The van der Waals surface area contributed by atoms with Crippen LogP contribution in [0.5, 0.6) is 0 Å². The number of hydrogen-bond acceptors (Lipinski definition) is 1. The largest absolute Gasteiger partial charge is 0.417 e. The maximum atomic E-state index is 12.9. The second kappa shape index (κ2) is 4.81. The van der Waals surface area contributed by atoms with Gasteiger partial charge in [0.15, 0.2) is 0 Å².